The Labute approximate surface area is 128 Å². The van der Waals surface area contributed by atoms with Crippen LogP contribution >= 0.6 is 0 Å². The number of nitrogens with one attached hydrogen (secondary N) is 2. The normalized spacial score (nSPS) is 28.1. The molecule has 0 aromatic heterocycles. The average molecular weight is 316 g/mol. The third-order valence-electron chi connectivity index (χ3n) is 4.56. The first-order valence-electron chi connectivity index (χ1n) is 7.95. The van der Waals surface area contributed by atoms with Gasteiger partial charge in [0.1, 0.15) is 0 Å². The highest BCUT2D eigenvalue weighted by atomic mass is 32.2. The molecule has 21 heavy (non-hydrogen) atoms. The summed E-state index contributed by atoms with van der Waals surface area (Å²) in [5, 5.41) is 3.16. The molecule has 2 unspecified atom stereocenters. The molecule has 4 N–H and O–H groups in total. The van der Waals surface area contributed by atoms with E-state index in [1.807, 2.05) is 0 Å². The summed E-state index contributed by atoms with van der Waals surface area (Å²) in [5.74, 6) is 1.48. The molecule has 2 aliphatic rings. The topological polar surface area (TPSA) is 96.6 Å². The summed E-state index contributed by atoms with van der Waals surface area (Å²) in [7, 11) is -3.15. The summed E-state index contributed by atoms with van der Waals surface area (Å²) < 4.78 is 25.6. The Morgan fingerprint density at radius 2 is 1.90 bits per heavy atom. The third kappa shape index (κ3) is 5.82. The van der Waals surface area contributed by atoms with Crippen LogP contribution in [0.3, 0.4) is 0 Å². The Bertz CT molecular complexity index is 460. The predicted octanol–water partition coefficient (Wildman–Crippen LogP) is 0.799. The van der Waals surface area contributed by atoms with Crippen molar-refractivity contribution in [1.29, 1.82) is 0 Å². The summed E-state index contributed by atoms with van der Waals surface area (Å²) in [5.41, 5.74) is 5.89. The SMILES string of the molecule is CS(=O)(=O)NC1CCCCC1CNC(N)=NCC1CCC1. The highest BCUT2D eigenvalue weighted by Gasteiger charge is 2.27. The molecule has 0 radical (unpaired) electrons. The molecular formula is C14H28N4O2S. The maximum atomic E-state index is 11.4. The van der Waals surface area contributed by atoms with E-state index in [1.165, 1.54) is 25.5 Å². The standard InChI is InChI=1S/C14H28N4O2S/c1-21(19,20)18-13-8-3-2-7-12(13)10-17-14(15)16-9-11-5-4-6-11/h11-13,18H,2-10H2,1H3,(H3,15,16,17). The van der Waals surface area contributed by atoms with E-state index in [0.717, 1.165) is 32.2 Å². The Hall–Kier alpha value is -0.820. The lowest BCUT2D eigenvalue weighted by Gasteiger charge is -2.31. The molecule has 0 aliphatic heterocycles. The molecule has 0 amide bonds. The Morgan fingerprint density at radius 3 is 2.52 bits per heavy atom. The maximum Gasteiger partial charge on any atom is 0.208 e. The van der Waals surface area contributed by atoms with Crippen molar-refractivity contribution >= 4 is 16.0 Å². The molecule has 2 aliphatic carbocycles. The number of hydrogen-bond donors (Lipinski definition) is 3. The van der Waals surface area contributed by atoms with Gasteiger partial charge in [-0.15, -0.1) is 0 Å². The molecular weight excluding hydrogens is 288 g/mol. The Balaban J connectivity index is 1.78. The second kappa shape index (κ2) is 7.45. The highest BCUT2D eigenvalue weighted by molar-refractivity contribution is 7.88. The van der Waals surface area contributed by atoms with Crippen molar-refractivity contribution in [2.24, 2.45) is 22.6 Å². The molecule has 0 heterocycles. The molecule has 122 valence electrons. The molecule has 0 aromatic rings. The summed E-state index contributed by atoms with van der Waals surface area (Å²) in [6.45, 7) is 1.50. The van der Waals surface area contributed by atoms with E-state index in [4.69, 9.17) is 5.73 Å². The van der Waals surface area contributed by atoms with Gasteiger partial charge in [-0.1, -0.05) is 19.3 Å². The summed E-state index contributed by atoms with van der Waals surface area (Å²) >= 11 is 0. The van der Waals surface area contributed by atoms with Gasteiger partial charge in [0.05, 0.1) is 6.26 Å². The van der Waals surface area contributed by atoms with E-state index in [-0.39, 0.29) is 12.0 Å². The van der Waals surface area contributed by atoms with Gasteiger partial charge in [-0.2, -0.15) is 0 Å². The molecule has 6 nitrogen and oxygen atoms in total. The van der Waals surface area contributed by atoms with Gasteiger partial charge in [0.2, 0.25) is 10.0 Å². The fourth-order valence-corrected chi connectivity index (χ4v) is 3.94. The molecule has 0 saturated heterocycles. The Kier molecular flexibility index (Phi) is 5.87. The zero-order valence-corrected chi connectivity index (χ0v) is 13.7. The minimum atomic E-state index is -3.15. The lowest BCUT2D eigenvalue weighted by atomic mass is 9.85. The van der Waals surface area contributed by atoms with Crippen LogP contribution in [0.2, 0.25) is 0 Å². The number of nitrogens with zero attached hydrogens (tertiary/aromatic N) is 1. The molecule has 2 rings (SSSR count). The van der Waals surface area contributed by atoms with Gasteiger partial charge in [-0.05, 0) is 37.5 Å². The van der Waals surface area contributed by atoms with Crippen LogP contribution in [0.5, 0.6) is 0 Å². The van der Waals surface area contributed by atoms with Crippen LogP contribution in [0.15, 0.2) is 4.99 Å². The quantitative estimate of drug-likeness (QED) is 0.499. The molecule has 7 heteroatoms. The zero-order valence-electron chi connectivity index (χ0n) is 12.8. The summed E-state index contributed by atoms with van der Waals surface area (Å²) in [6.07, 6.45) is 9.21. The van der Waals surface area contributed by atoms with Crippen LogP contribution in [0.1, 0.15) is 44.9 Å². The molecule has 0 spiro atoms. The van der Waals surface area contributed by atoms with Gasteiger partial charge >= 0.3 is 0 Å². The minimum absolute atomic E-state index is 0.0145. The zero-order chi connectivity index (χ0) is 15.3. The van der Waals surface area contributed by atoms with Gasteiger partial charge in [0.25, 0.3) is 0 Å². The monoisotopic (exact) mass is 316 g/mol. The van der Waals surface area contributed by atoms with Crippen LogP contribution in [0, 0.1) is 11.8 Å². The molecule has 2 atom stereocenters. The summed E-state index contributed by atoms with van der Waals surface area (Å²) in [6, 6.07) is 0.0145. The summed E-state index contributed by atoms with van der Waals surface area (Å²) in [4.78, 5) is 4.37. The van der Waals surface area contributed by atoms with Crippen molar-refractivity contribution in [2.75, 3.05) is 19.3 Å². The molecule has 0 bridgehead atoms. The first kappa shape index (κ1) is 16.5. The van der Waals surface area contributed by atoms with Crippen molar-refractivity contribution in [2.45, 2.75) is 51.0 Å². The molecule has 2 fully saturated rings. The van der Waals surface area contributed by atoms with E-state index in [2.05, 4.69) is 15.0 Å². The number of hydrogen-bond acceptors (Lipinski definition) is 3. The van der Waals surface area contributed by atoms with Crippen LogP contribution in [0.4, 0.5) is 0 Å². The fraction of sp³-hybridized carbons (Fsp3) is 0.929. The number of sulfonamides is 1. The first-order chi connectivity index (χ1) is 9.94. The average Bonchev–Trinajstić information content (AvgIpc) is 2.34. The number of aliphatic imine (C=N–C) groups is 1. The van der Waals surface area contributed by atoms with Crippen molar-refractivity contribution in [1.82, 2.24) is 10.0 Å². The fourth-order valence-electron chi connectivity index (χ4n) is 3.08. The number of rotatable bonds is 6. The largest absolute Gasteiger partial charge is 0.370 e. The van der Waals surface area contributed by atoms with Gasteiger partial charge in [-0.3, -0.25) is 4.99 Å². The minimum Gasteiger partial charge on any atom is -0.370 e. The van der Waals surface area contributed by atoms with Crippen molar-refractivity contribution < 1.29 is 8.42 Å². The highest BCUT2D eigenvalue weighted by Crippen LogP contribution is 2.26. The molecule has 2 saturated carbocycles. The van der Waals surface area contributed by atoms with Gasteiger partial charge in [0.15, 0.2) is 5.96 Å². The van der Waals surface area contributed by atoms with Gasteiger partial charge in [0, 0.05) is 19.1 Å². The van der Waals surface area contributed by atoms with Crippen LogP contribution in [-0.4, -0.2) is 39.8 Å². The van der Waals surface area contributed by atoms with Gasteiger partial charge in [-0.25, -0.2) is 13.1 Å². The van der Waals surface area contributed by atoms with E-state index in [1.54, 1.807) is 0 Å². The lowest BCUT2D eigenvalue weighted by Crippen LogP contribution is -2.47. The molecule has 0 aromatic carbocycles. The lowest BCUT2D eigenvalue weighted by molar-refractivity contribution is 0.289. The van der Waals surface area contributed by atoms with Crippen LogP contribution < -0.4 is 15.8 Å². The predicted molar refractivity (Wildman–Crippen MR) is 85.6 cm³/mol. The van der Waals surface area contributed by atoms with Crippen LogP contribution in [-0.2, 0) is 10.0 Å². The van der Waals surface area contributed by atoms with E-state index in [0.29, 0.717) is 18.4 Å². The van der Waals surface area contributed by atoms with Crippen molar-refractivity contribution in [3.63, 3.8) is 0 Å². The second-order valence-electron chi connectivity index (χ2n) is 6.44. The Morgan fingerprint density at radius 1 is 1.19 bits per heavy atom. The van der Waals surface area contributed by atoms with E-state index < -0.39 is 10.0 Å². The van der Waals surface area contributed by atoms with Gasteiger partial charge < -0.3 is 11.1 Å². The number of nitrogens with two attached hydrogens (primary N) is 1. The van der Waals surface area contributed by atoms with Crippen molar-refractivity contribution in [3.05, 3.63) is 0 Å². The van der Waals surface area contributed by atoms with E-state index in [9.17, 15) is 8.42 Å². The third-order valence-corrected chi connectivity index (χ3v) is 5.30. The van der Waals surface area contributed by atoms with Crippen LogP contribution in [0.25, 0.3) is 0 Å². The number of guanidine groups is 1. The maximum absolute atomic E-state index is 11.4. The smallest absolute Gasteiger partial charge is 0.208 e. The van der Waals surface area contributed by atoms with E-state index >= 15 is 0 Å². The second-order valence-corrected chi connectivity index (χ2v) is 8.22. The first-order valence-corrected chi connectivity index (χ1v) is 9.84. The van der Waals surface area contributed by atoms with Crippen molar-refractivity contribution in [3.8, 4) is 0 Å².